The van der Waals surface area contributed by atoms with E-state index < -0.39 is 0 Å². The summed E-state index contributed by atoms with van der Waals surface area (Å²) < 4.78 is 1.64. The van der Waals surface area contributed by atoms with Gasteiger partial charge in [0.05, 0.1) is 5.69 Å². The highest BCUT2D eigenvalue weighted by molar-refractivity contribution is 6.30. The Kier molecular flexibility index (Phi) is 5.62. The van der Waals surface area contributed by atoms with E-state index in [9.17, 15) is 4.79 Å². The number of carbonyl (C=O) groups excluding carboxylic acids is 1. The van der Waals surface area contributed by atoms with Gasteiger partial charge >= 0.3 is 0 Å². The number of amides is 1. The van der Waals surface area contributed by atoms with E-state index in [1.807, 2.05) is 33.2 Å². The first kappa shape index (κ1) is 18.4. The molecule has 2 aromatic rings. The standard InChI is InChI=1S/C17H24ClN5O/c1-12-20-15(16(24)19-10-17(2,3)11-22(4)5)21-23(12)14-8-6-13(18)7-9-14/h6-9H,10-11H2,1-5H3,(H,19,24). The first-order valence-electron chi connectivity index (χ1n) is 7.80. The summed E-state index contributed by atoms with van der Waals surface area (Å²) in [5.74, 6) is 0.552. The van der Waals surface area contributed by atoms with Crippen molar-refractivity contribution in [1.82, 2.24) is 25.0 Å². The molecule has 7 heteroatoms. The molecule has 0 bridgehead atoms. The van der Waals surface area contributed by atoms with Crippen LogP contribution in [0.4, 0.5) is 0 Å². The summed E-state index contributed by atoms with van der Waals surface area (Å²) in [6.07, 6.45) is 0. The first-order valence-corrected chi connectivity index (χ1v) is 8.18. The topological polar surface area (TPSA) is 63.1 Å². The lowest BCUT2D eigenvalue weighted by atomic mass is 9.93. The maximum atomic E-state index is 12.3. The second-order valence-corrected chi connectivity index (χ2v) is 7.39. The Morgan fingerprint density at radius 2 is 1.92 bits per heavy atom. The molecule has 0 aliphatic rings. The zero-order valence-corrected chi connectivity index (χ0v) is 15.6. The fourth-order valence-corrected chi connectivity index (χ4v) is 2.75. The summed E-state index contributed by atoms with van der Waals surface area (Å²) in [4.78, 5) is 18.7. The predicted molar refractivity (Wildman–Crippen MR) is 95.8 cm³/mol. The Labute approximate surface area is 147 Å². The van der Waals surface area contributed by atoms with Crippen molar-refractivity contribution in [2.24, 2.45) is 5.41 Å². The number of aryl methyl sites for hydroxylation is 1. The summed E-state index contributed by atoms with van der Waals surface area (Å²) >= 11 is 5.90. The average molecular weight is 350 g/mol. The Bertz CT molecular complexity index is 706. The molecular weight excluding hydrogens is 326 g/mol. The lowest BCUT2D eigenvalue weighted by Crippen LogP contribution is -2.40. The van der Waals surface area contributed by atoms with E-state index in [0.717, 1.165) is 12.2 Å². The van der Waals surface area contributed by atoms with E-state index in [1.54, 1.807) is 16.8 Å². The van der Waals surface area contributed by atoms with Gasteiger partial charge in [0.25, 0.3) is 5.91 Å². The summed E-state index contributed by atoms with van der Waals surface area (Å²) in [5.41, 5.74) is 0.781. The van der Waals surface area contributed by atoms with Gasteiger partial charge in [-0.3, -0.25) is 4.79 Å². The molecule has 130 valence electrons. The molecule has 1 N–H and O–H groups in total. The van der Waals surface area contributed by atoms with Crippen molar-refractivity contribution < 1.29 is 4.79 Å². The minimum atomic E-state index is -0.266. The molecule has 1 heterocycles. The van der Waals surface area contributed by atoms with Crippen LogP contribution < -0.4 is 5.32 Å². The molecule has 1 amide bonds. The van der Waals surface area contributed by atoms with Crippen LogP contribution in [0.5, 0.6) is 0 Å². The molecule has 0 saturated carbocycles. The van der Waals surface area contributed by atoms with Gasteiger partial charge in [0.2, 0.25) is 5.82 Å². The van der Waals surface area contributed by atoms with Gasteiger partial charge in [0.15, 0.2) is 0 Å². The molecule has 0 unspecified atom stereocenters. The monoisotopic (exact) mass is 349 g/mol. The van der Waals surface area contributed by atoms with Crippen LogP contribution in [0.3, 0.4) is 0 Å². The second kappa shape index (κ2) is 7.32. The Morgan fingerprint density at radius 3 is 2.50 bits per heavy atom. The SMILES string of the molecule is Cc1nc(C(=O)NCC(C)(C)CN(C)C)nn1-c1ccc(Cl)cc1. The van der Waals surface area contributed by atoms with Crippen LogP contribution in [0.2, 0.25) is 5.02 Å². The third kappa shape index (κ3) is 4.79. The van der Waals surface area contributed by atoms with E-state index in [4.69, 9.17) is 11.6 Å². The van der Waals surface area contributed by atoms with Crippen LogP contribution in [0.25, 0.3) is 5.69 Å². The predicted octanol–water partition coefficient (Wildman–Crippen LogP) is 2.55. The number of rotatable bonds is 6. The van der Waals surface area contributed by atoms with Crippen LogP contribution >= 0.6 is 11.6 Å². The minimum absolute atomic E-state index is 0.0348. The van der Waals surface area contributed by atoms with Crippen LogP contribution in [0, 0.1) is 12.3 Å². The Balaban J connectivity index is 2.09. The summed E-state index contributed by atoms with van der Waals surface area (Å²) in [6, 6.07) is 7.24. The molecule has 24 heavy (non-hydrogen) atoms. The molecule has 0 atom stereocenters. The fourth-order valence-electron chi connectivity index (χ4n) is 2.62. The van der Waals surface area contributed by atoms with Gasteiger partial charge in [-0.2, -0.15) is 0 Å². The van der Waals surface area contributed by atoms with Crippen molar-refractivity contribution in [2.45, 2.75) is 20.8 Å². The van der Waals surface area contributed by atoms with Crippen molar-refractivity contribution >= 4 is 17.5 Å². The van der Waals surface area contributed by atoms with E-state index in [0.29, 0.717) is 17.4 Å². The van der Waals surface area contributed by atoms with Crippen LogP contribution in [-0.2, 0) is 0 Å². The molecular formula is C17H24ClN5O. The minimum Gasteiger partial charge on any atom is -0.349 e. The molecule has 6 nitrogen and oxygen atoms in total. The number of hydrogen-bond acceptors (Lipinski definition) is 4. The van der Waals surface area contributed by atoms with Crippen molar-refractivity contribution in [3.63, 3.8) is 0 Å². The quantitative estimate of drug-likeness (QED) is 0.870. The molecule has 2 rings (SSSR count). The van der Waals surface area contributed by atoms with Gasteiger partial charge in [0.1, 0.15) is 5.82 Å². The second-order valence-electron chi connectivity index (χ2n) is 6.96. The van der Waals surface area contributed by atoms with E-state index >= 15 is 0 Å². The molecule has 1 aromatic heterocycles. The normalized spacial score (nSPS) is 11.8. The van der Waals surface area contributed by atoms with E-state index in [-0.39, 0.29) is 17.1 Å². The Morgan fingerprint density at radius 1 is 1.29 bits per heavy atom. The maximum absolute atomic E-state index is 12.3. The number of nitrogens with one attached hydrogen (secondary N) is 1. The lowest BCUT2D eigenvalue weighted by molar-refractivity contribution is 0.0919. The molecule has 0 radical (unpaired) electrons. The summed E-state index contributed by atoms with van der Waals surface area (Å²) in [6.45, 7) is 7.46. The van der Waals surface area contributed by atoms with Gasteiger partial charge in [-0.05, 0) is 50.7 Å². The number of aromatic nitrogens is 3. The lowest BCUT2D eigenvalue weighted by Gasteiger charge is -2.28. The van der Waals surface area contributed by atoms with Gasteiger partial charge in [0, 0.05) is 18.1 Å². The van der Waals surface area contributed by atoms with Crippen molar-refractivity contribution in [2.75, 3.05) is 27.2 Å². The number of hydrogen-bond donors (Lipinski definition) is 1. The number of carbonyl (C=O) groups is 1. The first-order chi connectivity index (χ1) is 11.2. The zero-order valence-electron chi connectivity index (χ0n) is 14.8. The number of benzene rings is 1. The largest absolute Gasteiger partial charge is 0.349 e. The van der Waals surface area contributed by atoms with E-state index in [2.05, 4.69) is 34.1 Å². The zero-order chi connectivity index (χ0) is 17.9. The highest BCUT2D eigenvalue weighted by Gasteiger charge is 2.22. The smallest absolute Gasteiger partial charge is 0.291 e. The van der Waals surface area contributed by atoms with Crippen molar-refractivity contribution in [3.8, 4) is 5.69 Å². The third-order valence-electron chi connectivity index (χ3n) is 3.51. The summed E-state index contributed by atoms with van der Waals surface area (Å²) in [5, 5.41) is 7.88. The van der Waals surface area contributed by atoms with Gasteiger partial charge in [-0.1, -0.05) is 25.4 Å². The molecule has 1 aromatic carbocycles. The number of halogens is 1. The molecule has 0 aliphatic heterocycles. The maximum Gasteiger partial charge on any atom is 0.291 e. The van der Waals surface area contributed by atoms with E-state index in [1.165, 1.54) is 0 Å². The molecule has 0 aliphatic carbocycles. The summed E-state index contributed by atoms with van der Waals surface area (Å²) in [7, 11) is 4.03. The highest BCUT2D eigenvalue weighted by Crippen LogP contribution is 2.16. The van der Waals surface area contributed by atoms with Gasteiger partial charge < -0.3 is 10.2 Å². The van der Waals surface area contributed by atoms with Gasteiger partial charge in [-0.25, -0.2) is 9.67 Å². The molecule has 0 fully saturated rings. The Hall–Kier alpha value is -1.92. The van der Waals surface area contributed by atoms with Gasteiger partial charge in [-0.15, -0.1) is 5.10 Å². The van der Waals surface area contributed by atoms with Crippen LogP contribution in [0.15, 0.2) is 24.3 Å². The van der Waals surface area contributed by atoms with Crippen LogP contribution in [-0.4, -0.2) is 52.8 Å². The average Bonchev–Trinajstić information content (AvgIpc) is 2.86. The molecule has 0 spiro atoms. The molecule has 0 saturated heterocycles. The number of nitrogens with zero attached hydrogens (tertiary/aromatic N) is 4. The highest BCUT2D eigenvalue weighted by atomic mass is 35.5. The fraction of sp³-hybridized carbons (Fsp3) is 0.471. The third-order valence-corrected chi connectivity index (χ3v) is 3.77. The van der Waals surface area contributed by atoms with Crippen molar-refractivity contribution in [3.05, 3.63) is 40.9 Å². The van der Waals surface area contributed by atoms with Crippen LogP contribution in [0.1, 0.15) is 30.3 Å². The van der Waals surface area contributed by atoms with Crippen molar-refractivity contribution in [1.29, 1.82) is 0 Å².